The fourth-order valence-corrected chi connectivity index (χ4v) is 7.01. The highest BCUT2D eigenvalue weighted by molar-refractivity contribution is 8.00. The van der Waals surface area contributed by atoms with Crippen molar-refractivity contribution in [3.05, 3.63) is 137 Å². The van der Waals surface area contributed by atoms with Crippen LogP contribution in [0, 0.1) is 28.8 Å². The van der Waals surface area contributed by atoms with Crippen molar-refractivity contribution in [1.29, 1.82) is 5.26 Å². The summed E-state index contributed by atoms with van der Waals surface area (Å²) in [6.07, 6.45) is 8.23. The van der Waals surface area contributed by atoms with Crippen molar-refractivity contribution in [3.8, 4) is 6.07 Å². The van der Waals surface area contributed by atoms with E-state index in [9.17, 15) is 27.9 Å². The molecule has 272 valence electrons. The van der Waals surface area contributed by atoms with Crippen LogP contribution in [-0.4, -0.2) is 60.5 Å². The van der Waals surface area contributed by atoms with Gasteiger partial charge in [0.25, 0.3) is 0 Å². The Morgan fingerprint density at radius 1 is 1.13 bits per heavy atom. The second-order valence-corrected chi connectivity index (χ2v) is 14.3. The number of hydrogen-bond acceptors (Lipinski definition) is 10. The number of benzene rings is 3. The van der Waals surface area contributed by atoms with Crippen molar-refractivity contribution in [2.45, 2.75) is 42.5 Å². The van der Waals surface area contributed by atoms with E-state index < -0.39 is 55.0 Å². The normalized spacial score (nSPS) is 18.2. The lowest BCUT2D eigenvalue weighted by molar-refractivity contribution is -0.146. The van der Waals surface area contributed by atoms with E-state index in [1.807, 2.05) is 6.07 Å². The quantitative estimate of drug-likeness (QED) is 0.0869. The van der Waals surface area contributed by atoms with Gasteiger partial charge in [-0.3, -0.25) is 4.52 Å². The van der Waals surface area contributed by atoms with Crippen molar-refractivity contribution in [1.82, 2.24) is 14.8 Å². The van der Waals surface area contributed by atoms with Gasteiger partial charge in [-0.05, 0) is 48.9 Å². The summed E-state index contributed by atoms with van der Waals surface area (Å²) in [5.74, 6) is -3.36. The van der Waals surface area contributed by atoms with Crippen LogP contribution in [0.2, 0.25) is 0 Å². The van der Waals surface area contributed by atoms with Gasteiger partial charge in [0.15, 0.2) is 11.9 Å². The smallest absolute Gasteiger partial charge is 0.447 e. The summed E-state index contributed by atoms with van der Waals surface area (Å²) in [7, 11) is -4.90. The molecule has 1 fully saturated rings. The molecule has 1 saturated heterocycles. The van der Waals surface area contributed by atoms with Crippen LogP contribution >= 0.6 is 19.6 Å². The number of carbonyl (C=O) groups excluding carboxylic acids is 1. The van der Waals surface area contributed by atoms with Crippen molar-refractivity contribution < 1.29 is 51.1 Å². The van der Waals surface area contributed by atoms with E-state index in [4.69, 9.17) is 19.5 Å². The Labute approximate surface area is 300 Å². The molecule has 12 nitrogen and oxygen atoms in total. The van der Waals surface area contributed by atoms with Gasteiger partial charge < -0.3 is 24.0 Å². The average molecular weight is 757 g/mol. The summed E-state index contributed by atoms with van der Waals surface area (Å²) in [6, 6.07) is 14.7. The first-order chi connectivity index (χ1) is 24.9. The molecule has 0 unspecified atom stereocenters. The Morgan fingerprint density at radius 2 is 1.90 bits per heavy atom. The lowest BCUT2D eigenvalue weighted by Crippen LogP contribution is -2.47. The minimum atomic E-state index is -4.90. The first kappa shape index (κ1) is 38.6. The number of phosphoric acid groups is 1. The van der Waals surface area contributed by atoms with E-state index in [-0.39, 0.29) is 47.3 Å². The largest absolute Gasteiger partial charge is 0.469 e. The second-order valence-electron chi connectivity index (χ2n) is 11.4. The summed E-state index contributed by atoms with van der Waals surface area (Å²) in [4.78, 5) is 36.4. The number of allylic oxidation sites excluding steroid dienone is 2. The molecule has 1 aliphatic heterocycles. The lowest BCUT2D eigenvalue weighted by Gasteiger charge is -2.40. The molecular formula is C35H32F3N4O8PS. The molecule has 3 aromatic carbocycles. The van der Waals surface area contributed by atoms with Crippen LogP contribution in [0.1, 0.15) is 39.5 Å². The standard InChI is InChI=1S/C35H32F3N4O8PS/c1-23(52-28-18-47-33(48-19-28)9-5-3-6-25-11-10-24(16-39)14-31(25)37)35(20-42-22-40-21-41-42,30-13-12-27(36)15-32(30)38)50-34(43)29-8-4-2-7-26(29)17-49-51(44,45)46/h2-15,21-23,28,33H,17-20H2,1H3,(H2,44,45,46)/t23-,28?,33?,35-/m1/s1. The van der Waals surface area contributed by atoms with Crippen LogP contribution in [0.5, 0.6) is 0 Å². The van der Waals surface area contributed by atoms with Crippen LogP contribution in [0.3, 0.4) is 0 Å². The van der Waals surface area contributed by atoms with E-state index in [1.54, 1.807) is 25.2 Å². The van der Waals surface area contributed by atoms with Crippen molar-refractivity contribution >= 4 is 31.6 Å². The van der Waals surface area contributed by atoms with Crippen molar-refractivity contribution in [2.75, 3.05) is 13.2 Å². The predicted octanol–water partition coefficient (Wildman–Crippen LogP) is 6.06. The Morgan fingerprint density at radius 3 is 2.58 bits per heavy atom. The number of carbonyl (C=O) groups is 1. The van der Waals surface area contributed by atoms with E-state index in [0.717, 1.165) is 12.1 Å². The van der Waals surface area contributed by atoms with Gasteiger partial charge in [0.1, 0.15) is 30.1 Å². The van der Waals surface area contributed by atoms with Crippen molar-refractivity contribution in [3.63, 3.8) is 0 Å². The van der Waals surface area contributed by atoms with E-state index in [0.29, 0.717) is 11.6 Å². The van der Waals surface area contributed by atoms with Gasteiger partial charge >= 0.3 is 13.8 Å². The molecule has 0 bridgehead atoms. The maximum Gasteiger partial charge on any atom is 0.469 e. The molecule has 1 aromatic heterocycles. The second kappa shape index (κ2) is 17.3. The molecule has 2 heterocycles. The molecule has 52 heavy (non-hydrogen) atoms. The number of rotatable bonds is 14. The highest BCUT2D eigenvalue weighted by atomic mass is 32.2. The Hall–Kier alpha value is -4.59. The monoisotopic (exact) mass is 756 g/mol. The molecule has 0 amide bonds. The van der Waals surface area contributed by atoms with E-state index in [1.165, 1.54) is 77.6 Å². The molecular weight excluding hydrogens is 724 g/mol. The van der Waals surface area contributed by atoms with Gasteiger partial charge in [0, 0.05) is 22.4 Å². The Kier molecular flexibility index (Phi) is 12.8. The topological polar surface area (TPSA) is 166 Å². The first-order valence-corrected chi connectivity index (χ1v) is 18.1. The zero-order valence-corrected chi connectivity index (χ0v) is 29.1. The fraction of sp³-hybridized carbons (Fsp3) is 0.257. The third kappa shape index (κ3) is 10.0. The molecule has 2 atom stereocenters. The number of esters is 1. The first-order valence-electron chi connectivity index (χ1n) is 15.6. The minimum absolute atomic E-state index is 0.0930. The SMILES string of the molecule is C[C@@H](SC1COC(C=CC=Cc2ccc(C#N)cc2F)OC1)[C@@](Cn1cncn1)(OC(=O)c1ccccc1COP(=O)(O)O)c1ccc(F)cc1F. The van der Waals surface area contributed by atoms with Crippen LogP contribution in [-0.2, 0) is 42.1 Å². The number of ether oxygens (including phenoxy) is 3. The highest BCUT2D eigenvalue weighted by Gasteiger charge is 2.47. The molecule has 0 spiro atoms. The maximum atomic E-state index is 15.8. The number of halogens is 3. The van der Waals surface area contributed by atoms with Crippen molar-refractivity contribution in [2.24, 2.45) is 0 Å². The number of nitrogens with zero attached hydrogens (tertiary/aromatic N) is 4. The third-order valence-electron chi connectivity index (χ3n) is 7.88. The molecule has 0 radical (unpaired) electrons. The summed E-state index contributed by atoms with van der Waals surface area (Å²) in [5, 5.41) is 11.9. The highest BCUT2D eigenvalue weighted by Crippen LogP contribution is 2.43. The summed E-state index contributed by atoms with van der Waals surface area (Å²) < 4.78 is 79.5. The van der Waals surface area contributed by atoms with Crippen LogP contribution in [0.25, 0.3) is 6.08 Å². The molecule has 0 aliphatic carbocycles. The molecule has 2 N–H and O–H groups in total. The number of phosphoric ester groups is 1. The number of aromatic nitrogens is 3. The predicted molar refractivity (Wildman–Crippen MR) is 183 cm³/mol. The number of thioether (sulfide) groups is 1. The molecule has 17 heteroatoms. The molecule has 0 saturated carbocycles. The summed E-state index contributed by atoms with van der Waals surface area (Å²) in [5.41, 5.74) is -1.53. The Bertz CT molecular complexity index is 2020. The van der Waals surface area contributed by atoms with Crippen LogP contribution in [0.4, 0.5) is 13.2 Å². The van der Waals surface area contributed by atoms with E-state index >= 15 is 4.39 Å². The Balaban J connectivity index is 1.37. The number of hydrogen-bond donors (Lipinski definition) is 2. The lowest BCUT2D eigenvalue weighted by atomic mass is 9.89. The zero-order valence-electron chi connectivity index (χ0n) is 27.4. The molecule has 5 rings (SSSR count). The van der Waals surface area contributed by atoms with Gasteiger partial charge in [0.05, 0.1) is 48.8 Å². The van der Waals surface area contributed by atoms with Crippen LogP contribution in [0.15, 0.2) is 91.5 Å². The summed E-state index contributed by atoms with van der Waals surface area (Å²) >= 11 is 1.26. The average Bonchev–Trinajstić information content (AvgIpc) is 3.63. The van der Waals surface area contributed by atoms with Gasteiger partial charge in [0.2, 0.25) is 0 Å². The molecule has 4 aromatic rings. The number of nitriles is 1. The fourth-order valence-electron chi connectivity index (χ4n) is 5.34. The molecule has 1 aliphatic rings. The zero-order chi connectivity index (χ0) is 37.3. The minimum Gasteiger partial charge on any atom is -0.447 e. The third-order valence-corrected chi connectivity index (χ3v) is 9.79. The van der Waals surface area contributed by atoms with E-state index in [2.05, 4.69) is 14.6 Å². The van der Waals surface area contributed by atoms with Gasteiger partial charge in [-0.2, -0.15) is 10.4 Å². The summed E-state index contributed by atoms with van der Waals surface area (Å²) in [6.45, 7) is 1.14. The van der Waals surface area contributed by atoms with Gasteiger partial charge in [-0.25, -0.2) is 32.2 Å². The van der Waals surface area contributed by atoms with Gasteiger partial charge in [-0.15, -0.1) is 11.8 Å². The van der Waals surface area contributed by atoms with Gasteiger partial charge in [-0.1, -0.05) is 42.5 Å². The maximum absolute atomic E-state index is 15.8. The van der Waals surface area contributed by atoms with Crippen LogP contribution < -0.4 is 0 Å².